The summed E-state index contributed by atoms with van der Waals surface area (Å²) < 4.78 is 5.51. The fraction of sp³-hybridized carbons (Fsp3) is 0.945. The van der Waals surface area contributed by atoms with E-state index in [0.717, 1.165) is 38.5 Å². The Morgan fingerprint density at radius 3 is 0.861 bits per heavy atom. The van der Waals surface area contributed by atoms with Crippen molar-refractivity contribution in [2.45, 2.75) is 431 Å². The molecule has 0 bridgehead atoms. The fourth-order valence-electron chi connectivity index (χ4n) is 11.8. The highest BCUT2D eigenvalue weighted by molar-refractivity contribution is 5.76. The Hall–Kier alpha value is -1.40. The van der Waals surface area contributed by atoms with Gasteiger partial charge in [0.25, 0.3) is 0 Å². The van der Waals surface area contributed by atoms with Crippen LogP contribution >= 0.6 is 0 Å². The summed E-state index contributed by atoms with van der Waals surface area (Å²) in [5.74, 6) is -0.0355. The molecule has 0 saturated carbocycles. The zero-order valence-electron chi connectivity index (χ0n) is 53.9. The molecule has 2 unspecified atom stereocenters. The van der Waals surface area contributed by atoms with Crippen LogP contribution in [0.3, 0.4) is 0 Å². The summed E-state index contributed by atoms with van der Waals surface area (Å²) in [5.41, 5.74) is 0. The van der Waals surface area contributed by atoms with Crippen molar-refractivity contribution in [3.63, 3.8) is 0 Å². The number of nitrogens with one attached hydrogen (secondary N) is 1. The molecule has 0 aromatic rings. The van der Waals surface area contributed by atoms with Crippen LogP contribution in [0.5, 0.6) is 0 Å². The average Bonchev–Trinajstić information content (AvgIpc) is 3.45. The number of ether oxygens (including phenoxy) is 1. The molecule has 0 aliphatic carbocycles. The van der Waals surface area contributed by atoms with Crippen LogP contribution in [0.15, 0.2) is 12.2 Å². The van der Waals surface area contributed by atoms with Crippen molar-refractivity contribution in [3.05, 3.63) is 12.2 Å². The number of hydrogen-bond acceptors (Lipinski definition) is 5. The number of aliphatic hydroxyl groups is 2. The molecule has 470 valence electrons. The van der Waals surface area contributed by atoms with E-state index in [-0.39, 0.29) is 18.5 Å². The van der Waals surface area contributed by atoms with Crippen LogP contribution in [0.25, 0.3) is 0 Å². The molecule has 0 aromatic carbocycles. The summed E-state index contributed by atoms with van der Waals surface area (Å²) in [5, 5.41) is 23.1. The predicted octanol–water partition coefficient (Wildman–Crippen LogP) is 23.5. The summed E-state index contributed by atoms with van der Waals surface area (Å²) >= 11 is 0. The van der Waals surface area contributed by atoms with Crippen LogP contribution in [0.1, 0.15) is 418 Å². The van der Waals surface area contributed by atoms with Gasteiger partial charge in [0, 0.05) is 12.8 Å². The van der Waals surface area contributed by atoms with Crippen LogP contribution in [0, 0.1) is 0 Å². The third-order valence-corrected chi connectivity index (χ3v) is 17.3. The lowest BCUT2D eigenvalue weighted by molar-refractivity contribution is -0.143. The third kappa shape index (κ3) is 65.6. The molecule has 0 aliphatic heterocycles. The first-order valence-electron chi connectivity index (χ1n) is 36.5. The Balaban J connectivity index is 3.30. The molecule has 0 rings (SSSR count). The monoisotopic (exact) mass is 1110 g/mol. The van der Waals surface area contributed by atoms with Crippen molar-refractivity contribution in [3.8, 4) is 0 Å². The Morgan fingerprint density at radius 2 is 0.582 bits per heavy atom. The highest BCUT2D eigenvalue weighted by Crippen LogP contribution is 2.19. The molecule has 1 amide bonds. The van der Waals surface area contributed by atoms with Crippen molar-refractivity contribution in [2.75, 3.05) is 13.2 Å². The fourth-order valence-corrected chi connectivity index (χ4v) is 11.8. The quantitative estimate of drug-likeness (QED) is 0.0320. The van der Waals surface area contributed by atoms with Crippen molar-refractivity contribution < 1.29 is 24.5 Å². The highest BCUT2D eigenvalue weighted by Gasteiger charge is 2.18. The molecule has 0 radical (unpaired) electrons. The third-order valence-electron chi connectivity index (χ3n) is 17.3. The van der Waals surface area contributed by atoms with Crippen LogP contribution in [-0.4, -0.2) is 47.4 Å². The number of carbonyl (C=O) groups excluding carboxylic acids is 2. The Labute approximate surface area is 495 Å². The first-order valence-corrected chi connectivity index (χ1v) is 36.5. The molecule has 0 saturated heterocycles. The Kier molecular flexibility index (Phi) is 67.9. The SMILES string of the molecule is CCCCCCCCCCCCC/C=C/C(O)C(CO)NC(=O)CCCCCCCCCCCCCCCCCCCCCCCCCCCCCCCCCCOC(=O)CCCCCCCCCCCCCCCCCCC. The Bertz CT molecular complexity index is 1190. The summed E-state index contributed by atoms with van der Waals surface area (Å²) in [6, 6.07) is -0.623. The van der Waals surface area contributed by atoms with Gasteiger partial charge >= 0.3 is 5.97 Å². The summed E-state index contributed by atoms with van der Waals surface area (Å²) in [4.78, 5) is 24.6. The maximum Gasteiger partial charge on any atom is 0.305 e. The van der Waals surface area contributed by atoms with E-state index in [0.29, 0.717) is 19.4 Å². The van der Waals surface area contributed by atoms with Gasteiger partial charge in [-0.1, -0.05) is 386 Å². The zero-order chi connectivity index (χ0) is 57.1. The van der Waals surface area contributed by atoms with E-state index >= 15 is 0 Å². The van der Waals surface area contributed by atoms with Gasteiger partial charge < -0.3 is 20.3 Å². The van der Waals surface area contributed by atoms with E-state index in [2.05, 4.69) is 19.2 Å². The van der Waals surface area contributed by atoms with E-state index in [9.17, 15) is 19.8 Å². The zero-order valence-corrected chi connectivity index (χ0v) is 53.9. The van der Waals surface area contributed by atoms with E-state index in [4.69, 9.17) is 4.74 Å². The number of unbranched alkanes of at least 4 members (excludes halogenated alkanes) is 58. The minimum absolute atomic E-state index is 0.0258. The maximum absolute atomic E-state index is 12.5. The first kappa shape index (κ1) is 77.6. The van der Waals surface area contributed by atoms with E-state index in [1.54, 1.807) is 6.08 Å². The molecular formula is C73H143NO5. The molecule has 2 atom stereocenters. The first-order chi connectivity index (χ1) is 39.0. The molecule has 0 aromatic heterocycles. The van der Waals surface area contributed by atoms with Gasteiger partial charge in [0.15, 0.2) is 0 Å². The van der Waals surface area contributed by atoms with Gasteiger partial charge in [-0.2, -0.15) is 0 Å². The molecular weight excluding hydrogens is 971 g/mol. The van der Waals surface area contributed by atoms with Gasteiger partial charge in [-0.3, -0.25) is 9.59 Å². The van der Waals surface area contributed by atoms with Gasteiger partial charge in [-0.15, -0.1) is 0 Å². The summed E-state index contributed by atoms with van der Waals surface area (Å²) in [7, 11) is 0. The molecule has 0 aliphatic rings. The second-order valence-electron chi connectivity index (χ2n) is 25.3. The molecule has 6 nitrogen and oxygen atoms in total. The standard InChI is InChI=1S/C73H143NO5/c1-3-5-7-9-11-13-15-17-18-35-39-43-47-51-55-59-63-67-73(78)79-68-64-60-56-52-48-44-40-37-34-32-30-28-26-24-22-20-19-21-23-25-27-29-31-33-36-38-42-46-50-54-58-62-66-72(77)74-70(69-75)71(76)65-61-57-53-49-45-41-16-14-12-10-8-6-4-2/h61,65,70-71,75-76H,3-60,62-64,66-69H2,1-2H3,(H,74,77)/b65-61+. The van der Waals surface area contributed by atoms with Crippen molar-refractivity contribution >= 4 is 11.9 Å². The van der Waals surface area contributed by atoms with Gasteiger partial charge in [-0.05, 0) is 32.1 Å². The second-order valence-corrected chi connectivity index (χ2v) is 25.3. The summed E-state index contributed by atoms with van der Waals surface area (Å²) in [6.07, 6.45) is 86.0. The molecule has 0 fully saturated rings. The van der Waals surface area contributed by atoms with Crippen molar-refractivity contribution in [1.82, 2.24) is 5.32 Å². The number of aliphatic hydroxyl groups excluding tert-OH is 2. The van der Waals surface area contributed by atoms with Crippen LogP contribution < -0.4 is 5.32 Å². The van der Waals surface area contributed by atoms with E-state index in [1.165, 1.54) is 353 Å². The van der Waals surface area contributed by atoms with Crippen molar-refractivity contribution in [1.29, 1.82) is 0 Å². The summed E-state index contributed by atoms with van der Waals surface area (Å²) in [6.45, 7) is 4.95. The van der Waals surface area contributed by atoms with E-state index < -0.39 is 12.1 Å². The highest BCUT2D eigenvalue weighted by atomic mass is 16.5. The lowest BCUT2D eigenvalue weighted by Gasteiger charge is -2.20. The number of esters is 1. The molecule has 0 spiro atoms. The van der Waals surface area contributed by atoms with E-state index in [1.807, 2.05) is 6.08 Å². The number of hydrogen-bond donors (Lipinski definition) is 3. The Morgan fingerprint density at radius 1 is 0.342 bits per heavy atom. The topological polar surface area (TPSA) is 95.9 Å². The van der Waals surface area contributed by atoms with Gasteiger partial charge in [0.1, 0.15) is 0 Å². The molecule has 79 heavy (non-hydrogen) atoms. The number of carbonyl (C=O) groups is 2. The van der Waals surface area contributed by atoms with Crippen LogP contribution in [0.4, 0.5) is 0 Å². The van der Waals surface area contributed by atoms with Gasteiger partial charge in [-0.25, -0.2) is 0 Å². The van der Waals surface area contributed by atoms with Gasteiger partial charge in [0.2, 0.25) is 5.91 Å². The maximum atomic E-state index is 12.5. The average molecular weight is 1110 g/mol. The molecule has 0 heterocycles. The minimum Gasteiger partial charge on any atom is -0.466 e. The molecule has 6 heteroatoms. The number of amides is 1. The smallest absolute Gasteiger partial charge is 0.305 e. The lowest BCUT2D eigenvalue weighted by Crippen LogP contribution is -2.45. The normalized spacial score (nSPS) is 12.5. The second kappa shape index (κ2) is 69.1. The van der Waals surface area contributed by atoms with Crippen LogP contribution in [0.2, 0.25) is 0 Å². The minimum atomic E-state index is -0.840. The number of rotatable bonds is 69. The van der Waals surface area contributed by atoms with Gasteiger partial charge in [0.05, 0.1) is 25.4 Å². The van der Waals surface area contributed by atoms with Crippen LogP contribution in [-0.2, 0) is 14.3 Å². The predicted molar refractivity (Wildman–Crippen MR) is 347 cm³/mol. The largest absolute Gasteiger partial charge is 0.466 e. The van der Waals surface area contributed by atoms with Crippen molar-refractivity contribution in [2.24, 2.45) is 0 Å². The molecule has 3 N–H and O–H groups in total. The number of allylic oxidation sites excluding steroid dienone is 1. The lowest BCUT2D eigenvalue weighted by atomic mass is 10.0.